The fraction of sp³-hybridized carbons (Fsp3) is 0.308. The van der Waals surface area contributed by atoms with E-state index in [1.165, 1.54) is 0 Å². The molecule has 0 amide bonds. The van der Waals surface area contributed by atoms with Crippen molar-refractivity contribution in [1.29, 1.82) is 0 Å². The Bertz CT molecular complexity index is 787. The van der Waals surface area contributed by atoms with Crippen LogP contribution in [0.3, 0.4) is 0 Å². The van der Waals surface area contributed by atoms with Crippen LogP contribution in [-0.2, 0) is 6.18 Å². The van der Waals surface area contributed by atoms with Crippen LogP contribution in [0.5, 0.6) is 0 Å². The van der Waals surface area contributed by atoms with Crippen LogP contribution in [-0.4, -0.2) is 27.4 Å². The zero-order valence-corrected chi connectivity index (χ0v) is 12.7. The fourth-order valence-corrected chi connectivity index (χ4v) is 4.07. The van der Waals surface area contributed by atoms with Crippen molar-refractivity contribution in [3.63, 3.8) is 0 Å². The molecule has 3 heterocycles. The first kappa shape index (κ1) is 13.9. The molecule has 3 aromatic rings. The normalized spacial score (nSPS) is 16.2. The van der Waals surface area contributed by atoms with Gasteiger partial charge in [-0.05, 0) is 12.1 Å². The number of nitrogens with zero attached hydrogens (tertiary/aromatic N) is 4. The van der Waals surface area contributed by atoms with Gasteiger partial charge in [0.25, 0.3) is 0 Å². The molecule has 0 spiro atoms. The van der Waals surface area contributed by atoms with Crippen LogP contribution in [0.4, 0.5) is 18.3 Å². The van der Waals surface area contributed by atoms with Gasteiger partial charge in [-0.3, -0.25) is 0 Å². The van der Waals surface area contributed by atoms with Gasteiger partial charge in [-0.2, -0.15) is 22.5 Å². The van der Waals surface area contributed by atoms with Crippen LogP contribution in [0, 0.1) is 0 Å². The molecule has 0 bridgehead atoms. The second-order valence-electron chi connectivity index (χ2n) is 5.02. The summed E-state index contributed by atoms with van der Waals surface area (Å²) in [7, 11) is 0. The number of hydrogen-bond acceptors (Lipinski definition) is 6. The maximum absolute atomic E-state index is 12.5. The molecular formula is C13H9F3N4S2. The van der Waals surface area contributed by atoms with Crippen LogP contribution in [0.15, 0.2) is 24.3 Å². The zero-order valence-electron chi connectivity index (χ0n) is 11.0. The fourth-order valence-electron chi connectivity index (χ4n) is 2.31. The van der Waals surface area contributed by atoms with Crippen molar-refractivity contribution in [2.75, 3.05) is 18.0 Å². The summed E-state index contributed by atoms with van der Waals surface area (Å²) in [6, 6.07) is 7.90. The monoisotopic (exact) mass is 342 g/mol. The van der Waals surface area contributed by atoms with Gasteiger partial charge >= 0.3 is 6.18 Å². The van der Waals surface area contributed by atoms with Gasteiger partial charge in [0, 0.05) is 30.5 Å². The molecule has 0 atom stereocenters. The molecule has 0 saturated carbocycles. The number of aromatic nitrogens is 3. The molecule has 0 aliphatic carbocycles. The van der Waals surface area contributed by atoms with Crippen LogP contribution < -0.4 is 4.90 Å². The Kier molecular flexibility index (Phi) is 3.08. The highest BCUT2D eigenvalue weighted by molar-refractivity contribution is 7.18. The minimum atomic E-state index is -4.48. The number of para-hydroxylation sites is 1. The average molecular weight is 342 g/mol. The molecule has 1 saturated heterocycles. The minimum absolute atomic E-state index is 0.246. The highest BCUT2D eigenvalue weighted by Gasteiger charge is 2.38. The molecule has 114 valence electrons. The van der Waals surface area contributed by atoms with Crippen LogP contribution in [0.1, 0.15) is 16.7 Å². The van der Waals surface area contributed by atoms with E-state index in [4.69, 9.17) is 0 Å². The van der Waals surface area contributed by atoms with E-state index in [1.54, 1.807) is 11.3 Å². The summed E-state index contributed by atoms with van der Waals surface area (Å²) in [5.41, 5.74) is 0.969. The Morgan fingerprint density at radius 3 is 2.59 bits per heavy atom. The van der Waals surface area contributed by atoms with Crippen LogP contribution >= 0.6 is 22.9 Å². The Hall–Kier alpha value is -1.74. The van der Waals surface area contributed by atoms with Gasteiger partial charge in [0.15, 0.2) is 0 Å². The van der Waals surface area contributed by atoms with Crippen LogP contribution in [0.25, 0.3) is 10.2 Å². The summed E-state index contributed by atoms with van der Waals surface area (Å²) in [6.45, 7) is 1.26. The molecule has 1 aliphatic heterocycles. The van der Waals surface area contributed by atoms with Gasteiger partial charge in [-0.25, -0.2) is 4.98 Å². The van der Waals surface area contributed by atoms with Gasteiger partial charge in [-0.15, -0.1) is 11.3 Å². The third kappa shape index (κ3) is 2.34. The number of anilines is 1. The predicted octanol–water partition coefficient (Wildman–Crippen LogP) is 3.77. The molecule has 0 radical (unpaired) electrons. The Labute approximate surface area is 131 Å². The summed E-state index contributed by atoms with van der Waals surface area (Å²) in [4.78, 5) is 9.96. The topological polar surface area (TPSA) is 41.9 Å². The van der Waals surface area contributed by atoms with Crippen molar-refractivity contribution >= 4 is 38.2 Å². The third-order valence-electron chi connectivity index (χ3n) is 3.48. The van der Waals surface area contributed by atoms with Crippen molar-refractivity contribution in [2.24, 2.45) is 0 Å². The Morgan fingerprint density at radius 1 is 1.14 bits per heavy atom. The first-order chi connectivity index (χ1) is 10.5. The average Bonchev–Trinajstić information content (AvgIpc) is 3.02. The summed E-state index contributed by atoms with van der Waals surface area (Å²) >= 11 is 2.43. The molecule has 1 fully saturated rings. The number of fused-ring (bicyclic) bond motifs is 1. The summed E-state index contributed by atoms with van der Waals surface area (Å²) in [5, 5.41) is 1.35. The number of hydrogen-bond donors (Lipinski definition) is 0. The van der Waals surface area contributed by atoms with Crippen molar-refractivity contribution in [3.8, 4) is 0 Å². The van der Waals surface area contributed by atoms with E-state index in [1.807, 2.05) is 29.2 Å². The second kappa shape index (κ2) is 4.88. The van der Waals surface area contributed by atoms with E-state index in [-0.39, 0.29) is 5.92 Å². The van der Waals surface area contributed by atoms with E-state index in [0.717, 1.165) is 26.8 Å². The number of rotatable bonds is 2. The molecule has 22 heavy (non-hydrogen) atoms. The molecule has 1 aromatic carbocycles. The van der Waals surface area contributed by atoms with Gasteiger partial charge in [0.1, 0.15) is 5.01 Å². The molecule has 0 N–H and O–H groups in total. The summed E-state index contributed by atoms with van der Waals surface area (Å²) < 4.78 is 42.0. The summed E-state index contributed by atoms with van der Waals surface area (Å²) in [5.74, 6) is -0.813. The molecule has 1 aliphatic rings. The quantitative estimate of drug-likeness (QED) is 0.711. The van der Waals surface area contributed by atoms with E-state index in [2.05, 4.69) is 14.3 Å². The van der Waals surface area contributed by atoms with E-state index < -0.39 is 12.0 Å². The highest BCUT2D eigenvalue weighted by Crippen LogP contribution is 2.37. The van der Waals surface area contributed by atoms with Crippen molar-refractivity contribution in [2.45, 2.75) is 12.1 Å². The lowest BCUT2D eigenvalue weighted by atomic mass is 10.0. The van der Waals surface area contributed by atoms with E-state index in [9.17, 15) is 13.2 Å². The lowest BCUT2D eigenvalue weighted by Crippen LogP contribution is -2.45. The smallest absolute Gasteiger partial charge is 0.345 e. The number of halogens is 3. The predicted molar refractivity (Wildman–Crippen MR) is 79.5 cm³/mol. The van der Waals surface area contributed by atoms with Crippen molar-refractivity contribution in [3.05, 3.63) is 35.1 Å². The summed E-state index contributed by atoms with van der Waals surface area (Å²) in [6.07, 6.45) is -4.48. The number of thiazole rings is 1. The molecule has 9 heteroatoms. The van der Waals surface area contributed by atoms with Gasteiger partial charge in [-0.1, -0.05) is 12.1 Å². The highest BCUT2D eigenvalue weighted by atomic mass is 32.1. The number of benzene rings is 1. The van der Waals surface area contributed by atoms with Crippen LogP contribution in [0.2, 0.25) is 0 Å². The van der Waals surface area contributed by atoms with Gasteiger partial charge in [0.05, 0.1) is 10.2 Å². The lowest BCUT2D eigenvalue weighted by molar-refractivity contribution is -0.144. The molecule has 4 nitrogen and oxygen atoms in total. The second-order valence-corrected chi connectivity index (χ2v) is 6.81. The number of alkyl halides is 3. The Morgan fingerprint density at radius 2 is 1.91 bits per heavy atom. The third-order valence-corrected chi connectivity index (χ3v) is 5.46. The van der Waals surface area contributed by atoms with E-state index in [0.29, 0.717) is 18.2 Å². The minimum Gasteiger partial charge on any atom is -0.345 e. The maximum atomic E-state index is 12.5. The SMILES string of the molecule is FC(F)(F)c1nsc(N2CC(c3nc4ccccc4s3)C2)n1. The van der Waals surface area contributed by atoms with Crippen molar-refractivity contribution in [1.82, 2.24) is 14.3 Å². The Balaban J connectivity index is 1.48. The van der Waals surface area contributed by atoms with Gasteiger partial charge in [0.2, 0.25) is 11.0 Å². The van der Waals surface area contributed by atoms with Crippen molar-refractivity contribution < 1.29 is 13.2 Å². The largest absolute Gasteiger partial charge is 0.452 e. The molecular weight excluding hydrogens is 333 g/mol. The first-order valence-electron chi connectivity index (χ1n) is 6.52. The van der Waals surface area contributed by atoms with Gasteiger partial charge < -0.3 is 4.90 Å². The standard InChI is InChI=1S/C13H9F3N4S2/c14-13(15,16)11-18-12(22-19-11)20-5-7(6-20)10-17-8-3-1-2-4-9(8)21-10/h1-4,7H,5-6H2. The molecule has 0 unspecified atom stereocenters. The maximum Gasteiger partial charge on any atom is 0.452 e. The zero-order chi connectivity index (χ0) is 15.3. The molecule has 2 aromatic heterocycles. The first-order valence-corrected chi connectivity index (χ1v) is 8.11. The van der Waals surface area contributed by atoms with E-state index >= 15 is 0 Å². The molecule has 4 rings (SSSR count). The lowest BCUT2D eigenvalue weighted by Gasteiger charge is -2.37.